The largest absolute Gasteiger partial charge is 0.336 e. The Balaban J connectivity index is 3.17. The maximum atomic E-state index is 12.5. The number of halogens is 6. The highest BCUT2D eigenvalue weighted by molar-refractivity contribution is 6.51. The Bertz CT molecular complexity index is 292. The van der Waals surface area contributed by atoms with Crippen LogP contribution in [0.2, 0.25) is 0 Å². The van der Waals surface area contributed by atoms with E-state index < -0.39 is 21.3 Å². The molecule has 0 aliphatic carbocycles. The van der Waals surface area contributed by atoms with E-state index in [9.17, 15) is 8.78 Å². The zero-order valence-electron chi connectivity index (χ0n) is 6.11. The predicted octanol–water partition coefficient (Wildman–Crippen LogP) is 2.78. The number of alkyl halides is 6. The van der Waals surface area contributed by atoms with Gasteiger partial charge in [0.2, 0.25) is 0 Å². The van der Waals surface area contributed by atoms with E-state index in [1.807, 2.05) is 0 Å². The molecule has 0 spiro atoms. The summed E-state index contributed by atoms with van der Waals surface area (Å²) >= 11 is 21.1. The lowest BCUT2D eigenvalue weighted by Crippen LogP contribution is -2.49. The minimum Gasteiger partial charge on any atom is -0.291 e. The van der Waals surface area contributed by atoms with E-state index in [-0.39, 0.29) is 0 Å². The summed E-state index contributed by atoms with van der Waals surface area (Å²) in [7, 11) is 0. The molecule has 14 heavy (non-hydrogen) atoms. The van der Waals surface area contributed by atoms with Gasteiger partial charge < -0.3 is 0 Å². The van der Waals surface area contributed by atoms with Crippen molar-refractivity contribution >= 4 is 46.4 Å². The van der Waals surface area contributed by atoms with Crippen LogP contribution in [0.25, 0.3) is 0 Å². The van der Waals surface area contributed by atoms with Crippen LogP contribution in [0.3, 0.4) is 0 Å². The minimum absolute atomic E-state index is 1.09. The number of ether oxygens (including phenoxy) is 2. The summed E-state index contributed by atoms with van der Waals surface area (Å²) in [5, 5.41) is 8.53. The first-order valence-electron chi connectivity index (χ1n) is 3.02. The van der Waals surface area contributed by atoms with Crippen LogP contribution in [0, 0.1) is 11.3 Å². The van der Waals surface area contributed by atoms with E-state index >= 15 is 0 Å². The van der Waals surface area contributed by atoms with Gasteiger partial charge >= 0.3 is 4.71 Å². The number of nitriles is 1. The maximum absolute atomic E-state index is 12.5. The van der Waals surface area contributed by atoms with Crippen LogP contribution >= 0.6 is 46.4 Å². The van der Waals surface area contributed by atoms with Crippen LogP contribution in [0.15, 0.2) is 0 Å². The molecule has 0 amide bonds. The molecule has 0 bridgehead atoms. The third-order valence-corrected chi connectivity index (χ3v) is 2.46. The van der Waals surface area contributed by atoms with Crippen molar-refractivity contribution in [2.45, 2.75) is 21.3 Å². The first kappa shape index (κ1) is 12.5. The fraction of sp³-hybridized carbons (Fsp3) is 0.800. The van der Waals surface area contributed by atoms with Crippen molar-refractivity contribution < 1.29 is 18.3 Å². The Morgan fingerprint density at radius 2 is 1.64 bits per heavy atom. The van der Waals surface area contributed by atoms with Gasteiger partial charge in [-0.15, -0.1) is 0 Å². The molecule has 1 heterocycles. The average molecular weight is 287 g/mol. The highest BCUT2D eigenvalue weighted by Gasteiger charge is 2.71. The lowest BCUT2D eigenvalue weighted by atomic mass is 10.1. The number of hydrogen-bond donors (Lipinski definition) is 0. The first-order chi connectivity index (χ1) is 6.17. The first-order valence-corrected chi connectivity index (χ1v) is 4.53. The SMILES string of the molecule is N#CC1(C(F)F)OC(Cl)(Cl)OC1(Cl)Cl. The quantitative estimate of drug-likeness (QED) is 0.696. The molecule has 0 aromatic rings. The Morgan fingerprint density at radius 3 is 1.79 bits per heavy atom. The van der Waals surface area contributed by atoms with Gasteiger partial charge in [-0.2, -0.15) is 5.26 Å². The van der Waals surface area contributed by atoms with Gasteiger partial charge in [0.05, 0.1) is 0 Å². The molecule has 1 aliphatic heterocycles. The van der Waals surface area contributed by atoms with E-state index in [4.69, 9.17) is 51.7 Å². The molecule has 1 aliphatic rings. The van der Waals surface area contributed by atoms with Gasteiger partial charge in [-0.05, 0) is 23.2 Å². The molecule has 1 saturated heterocycles. The molecular formula is C5HCl4F2NO2. The molecule has 3 nitrogen and oxygen atoms in total. The molecule has 0 N–H and O–H groups in total. The summed E-state index contributed by atoms with van der Waals surface area (Å²) in [6.45, 7) is 0. The van der Waals surface area contributed by atoms with Crippen LogP contribution in [0.5, 0.6) is 0 Å². The Kier molecular flexibility index (Phi) is 3.10. The second-order valence-corrected chi connectivity index (χ2v) is 4.78. The number of rotatable bonds is 1. The average Bonchev–Trinajstić information content (AvgIpc) is 2.15. The molecule has 1 atom stereocenters. The van der Waals surface area contributed by atoms with Crippen molar-refractivity contribution in [2.24, 2.45) is 0 Å². The third-order valence-electron chi connectivity index (χ3n) is 1.43. The van der Waals surface area contributed by atoms with Gasteiger partial charge in [0.1, 0.15) is 6.07 Å². The summed E-state index contributed by atoms with van der Waals surface area (Å²) in [6.07, 6.45) is -3.33. The van der Waals surface area contributed by atoms with Crippen LogP contribution < -0.4 is 0 Å². The highest BCUT2D eigenvalue weighted by Crippen LogP contribution is 2.55. The van der Waals surface area contributed by atoms with Crippen LogP contribution in [0.4, 0.5) is 8.78 Å². The Hall–Kier alpha value is 0.430. The van der Waals surface area contributed by atoms with Crippen LogP contribution in [-0.2, 0) is 9.47 Å². The van der Waals surface area contributed by atoms with Crippen molar-refractivity contribution in [2.75, 3.05) is 0 Å². The van der Waals surface area contributed by atoms with Gasteiger partial charge in [0.25, 0.3) is 16.5 Å². The predicted molar refractivity (Wildman–Crippen MR) is 45.4 cm³/mol. The number of nitrogens with zero attached hydrogens (tertiary/aromatic N) is 1. The second-order valence-electron chi connectivity index (χ2n) is 2.33. The summed E-state index contributed by atoms with van der Waals surface area (Å²) in [6, 6.07) is 1.09. The fourth-order valence-corrected chi connectivity index (χ4v) is 1.98. The molecule has 0 aromatic carbocycles. The third kappa shape index (κ3) is 1.75. The van der Waals surface area contributed by atoms with Crippen molar-refractivity contribution in [3.63, 3.8) is 0 Å². The lowest BCUT2D eigenvalue weighted by molar-refractivity contribution is -0.103. The molecule has 1 fully saturated rings. The molecule has 1 unspecified atom stereocenters. The van der Waals surface area contributed by atoms with Crippen molar-refractivity contribution in [3.8, 4) is 6.07 Å². The summed E-state index contributed by atoms with van der Waals surface area (Å²) in [5.41, 5.74) is -2.92. The van der Waals surface area contributed by atoms with E-state index in [2.05, 4.69) is 9.47 Å². The summed E-state index contributed by atoms with van der Waals surface area (Å²) in [5.74, 6) is 0. The van der Waals surface area contributed by atoms with E-state index in [0.717, 1.165) is 6.07 Å². The van der Waals surface area contributed by atoms with E-state index in [1.165, 1.54) is 0 Å². The normalized spacial score (nSPS) is 34.4. The lowest BCUT2D eigenvalue weighted by Gasteiger charge is -2.25. The number of hydrogen-bond acceptors (Lipinski definition) is 3. The van der Waals surface area contributed by atoms with Gasteiger partial charge in [-0.1, -0.05) is 23.2 Å². The van der Waals surface area contributed by atoms with E-state index in [0.29, 0.717) is 0 Å². The molecule has 0 radical (unpaired) electrons. The van der Waals surface area contributed by atoms with Gasteiger partial charge in [-0.3, -0.25) is 9.47 Å². The summed E-state index contributed by atoms with van der Waals surface area (Å²) in [4.78, 5) is 0. The van der Waals surface area contributed by atoms with Crippen LogP contribution in [-0.4, -0.2) is 21.3 Å². The zero-order valence-corrected chi connectivity index (χ0v) is 9.13. The molecule has 0 aromatic heterocycles. The highest BCUT2D eigenvalue weighted by atomic mass is 35.5. The fourth-order valence-electron chi connectivity index (χ4n) is 0.801. The minimum atomic E-state index is -3.33. The topological polar surface area (TPSA) is 42.2 Å². The van der Waals surface area contributed by atoms with E-state index in [1.54, 1.807) is 0 Å². The smallest absolute Gasteiger partial charge is 0.291 e. The van der Waals surface area contributed by atoms with Gasteiger partial charge in [0.15, 0.2) is 0 Å². The van der Waals surface area contributed by atoms with Crippen LogP contribution in [0.1, 0.15) is 0 Å². The van der Waals surface area contributed by atoms with Crippen molar-refractivity contribution in [3.05, 3.63) is 0 Å². The monoisotopic (exact) mass is 285 g/mol. The second kappa shape index (κ2) is 3.48. The van der Waals surface area contributed by atoms with Crippen molar-refractivity contribution in [1.82, 2.24) is 0 Å². The Morgan fingerprint density at radius 1 is 1.14 bits per heavy atom. The van der Waals surface area contributed by atoms with Gasteiger partial charge in [0, 0.05) is 0 Å². The van der Waals surface area contributed by atoms with Crippen molar-refractivity contribution in [1.29, 1.82) is 5.26 Å². The standard InChI is InChI=1S/C5HCl4F2NO2/c6-4(7)3(1-12,2(10)11)13-5(8,9)14-4/h2H. The maximum Gasteiger partial charge on any atom is 0.336 e. The Labute approximate surface area is 97.4 Å². The van der Waals surface area contributed by atoms with Gasteiger partial charge in [-0.25, -0.2) is 8.78 Å². The molecule has 80 valence electrons. The molecule has 0 saturated carbocycles. The molecule has 1 rings (SSSR count). The zero-order chi connectivity index (χ0) is 11.2. The molecule has 9 heteroatoms. The molecular weight excluding hydrogens is 286 g/mol. The summed E-state index contributed by atoms with van der Waals surface area (Å²) < 4.78 is 28.6.